The van der Waals surface area contributed by atoms with E-state index in [0.29, 0.717) is 58.8 Å². The molecule has 130 heavy (non-hydrogen) atoms. The van der Waals surface area contributed by atoms with Gasteiger partial charge in [0.1, 0.15) is 72.2 Å². The van der Waals surface area contributed by atoms with Gasteiger partial charge in [-0.1, -0.05) is 129 Å². The van der Waals surface area contributed by atoms with Crippen LogP contribution in [0.2, 0.25) is 0 Å². The van der Waals surface area contributed by atoms with Crippen molar-refractivity contribution in [1.82, 2.24) is 87.6 Å². The molecule has 0 radical (unpaired) electrons. The number of nitrogens with two attached hydrogens (primary N) is 1. The number of aliphatic hydroxyl groups excluding tert-OH is 1. The number of likely N-dealkylation sites (N-methyl/N-ethyl adjacent to an activating group) is 3. The summed E-state index contributed by atoms with van der Waals surface area (Å²) in [5.74, 6) is -14.6. The molecule has 37 nitrogen and oxygen atoms in total. The lowest BCUT2D eigenvalue weighted by atomic mass is 9.90. The number of aromatic nitrogens is 2. The van der Waals surface area contributed by atoms with E-state index < -0.39 is 217 Å². The Kier molecular flexibility index (Phi) is 39.1. The summed E-state index contributed by atoms with van der Waals surface area (Å²) >= 11 is 0.815. The Morgan fingerprint density at radius 2 is 1.14 bits per heavy atom. The number of amides is 16. The zero-order valence-corrected chi connectivity index (χ0v) is 76.7. The van der Waals surface area contributed by atoms with Crippen LogP contribution in [-0.4, -0.2) is 289 Å². The van der Waals surface area contributed by atoms with Gasteiger partial charge in [0.2, 0.25) is 94.5 Å². The van der Waals surface area contributed by atoms with Gasteiger partial charge in [-0.3, -0.25) is 81.5 Å². The molecule has 8 rings (SSSR count). The quantitative estimate of drug-likeness (QED) is 0.0410. The molecule has 2 aromatic heterocycles. The molecule has 0 spiro atoms. The van der Waals surface area contributed by atoms with Gasteiger partial charge < -0.3 is 104 Å². The van der Waals surface area contributed by atoms with Gasteiger partial charge in [0.05, 0.1) is 44.0 Å². The normalized spacial score (nSPS) is 24.8. The number of rotatable bonds is 23. The number of Topliss-reactive ketones (excluding diaryl/α,β-unsaturated/α-hetero) is 1. The second-order valence-corrected chi connectivity index (χ2v) is 35.6. The van der Waals surface area contributed by atoms with Gasteiger partial charge in [-0.2, -0.15) is 0 Å². The van der Waals surface area contributed by atoms with Crippen molar-refractivity contribution in [3.8, 4) is 18.1 Å². The number of phenolic OH excluding ortho intramolecular Hbond substituents is 1. The van der Waals surface area contributed by atoms with Crippen LogP contribution in [0.1, 0.15) is 162 Å². The lowest BCUT2D eigenvalue weighted by molar-refractivity contribution is -0.149. The van der Waals surface area contributed by atoms with Gasteiger partial charge in [-0.05, 0) is 111 Å². The van der Waals surface area contributed by atoms with E-state index in [1.165, 1.54) is 62.1 Å². The van der Waals surface area contributed by atoms with Crippen molar-refractivity contribution in [2.24, 2.45) is 23.5 Å². The minimum atomic E-state index is -1.73. The van der Waals surface area contributed by atoms with Gasteiger partial charge in [0.15, 0.2) is 5.78 Å². The lowest BCUT2D eigenvalue weighted by Gasteiger charge is -2.36. The summed E-state index contributed by atoms with van der Waals surface area (Å²) in [6.07, 6.45) is 7.62. The number of carbonyl (C=O) groups is 17. The van der Waals surface area contributed by atoms with Crippen LogP contribution >= 0.6 is 11.8 Å². The van der Waals surface area contributed by atoms with E-state index in [1.54, 1.807) is 59.1 Å². The molecule has 16 amide bonds. The maximum atomic E-state index is 15.6. The Bertz CT molecular complexity index is 4910. The van der Waals surface area contributed by atoms with E-state index in [4.69, 9.17) is 12.2 Å². The highest BCUT2D eigenvalue weighted by atomic mass is 32.2. The first kappa shape index (κ1) is 103. The first-order valence-electron chi connectivity index (χ1n) is 44.6. The van der Waals surface area contributed by atoms with E-state index in [0.717, 1.165) is 31.8 Å². The molecule has 3 aliphatic rings. The van der Waals surface area contributed by atoms with Crippen LogP contribution in [0.3, 0.4) is 0 Å². The molecule has 3 fully saturated rings. The number of H-pyrrole nitrogens is 2. The number of terminal acetylenes is 1. The second kappa shape index (κ2) is 49.4. The first-order chi connectivity index (χ1) is 61.9. The summed E-state index contributed by atoms with van der Waals surface area (Å²) in [7, 11) is 4.06. The number of fused-ring (bicyclic) bond motifs is 4. The van der Waals surface area contributed by atoms with Crippen LogP contribution in [0.25, 0.3) is 21.8 Å². The number of hydrogen-bond acceptors (Lipinski definition) is 20. The van der Waals surface area contributed by atoms with Crippen molar-refractivity contribution in [2.75, 3.05) is 65.4 Å². The number of benzene rings is 3. The molecule has 1 unspecified atom stereocenters. The number of unbranched alkanes of at least 4 members (excludes halogenated alkanes) is 2. The van der Waals surface area contributed by atoms with Crippen molar-refractivity contribution in [1.29, 1.82) is 0 Å². The van der Waals surface area contributed by atoms with Crippen molar-refractivity contribution in [3.63, 3.8) is 0 Å². The highest BCUT2D eigenvalue weighted by Gasteiger charge is 2.46. The van der Waals surface area contributed by atoms with Crippen LogP contribution < -0.4 is 58.9 Å². The fraction of sp³-hybridized carbons (Fsp3) is 0.554. The molecule has 5 aromatic rings. The Balaban J connectivity index is 1.17. The van der Waals surface area contributed by atoms with Gasteiger partial charge >= 0.3 is 0 Å². The van der Waals surface area contributed by atoms with Gasteiger partial charge in [-0.15, -0.1) is 18.2 Å². The third-order valence-corrected chi connectivity index (χ3v) is 24.8. The van der Waals surface area contributed by atoms with E-state index in [2.05, 4.69) is 69.1 Å². The van der Waals surface area contributed by atoms with Crippen LogP contribution in [-0.2, 0) is 101 Å². The zero-order valence-electron chi connectivity index (χ0n) is 75.9. The van der Waals surface area contributed by atoms with Crippen molar-refractivity contribution in [3.05, 3.63) is 102 Å². The molecule has 706 valence electrons. The summed E-state index contributed by atoms with van der Waals surface area (Å²) in [5, 5.41) is 49.7. The molecule has 0 aliphatic carbocycles. The van der Waals surface area contributed by atoms with E-state index in [1.807, 2.05) is 50.2 Å². The zero-order chi connectivity index (χ0) is 95.3. The molecule has 3 saturated heterocycles. The number of ketones is 1. The third kappa shape index (κ3) is 28.8. The molecule has 5 heterocycles. The molecular formula is C92H128N18O19S. The van der Waals surface area contributed by atoms with Crippen LogP contribution in [0.5, 0.6) is 5.75 Å². The van der Waals surface area contributed by atoms with Crippen LogP contribution in [0, 0.1) is 30.1 Å². The predicted octanol–water partition coefficient (Wildman–Crippen LogP) is 1.29. The predicted molar refractivity (Wildman–Crippen MR) is 486 cm³/mol. The van der Waals surface area contributed by atoms with E-state index >= 15 is 28.8 Å². The third-order valence-electron chi connectivity index (χ3n) is 23.8. The highest BCUT2D eigenvalue weighted by Crippen LogP contribution is 2.30. The molecule has 14 atom stereocenters. The molecule has 3 aliphatic heterocycles. The summed E-state index contributed by atoms with van der Waals surface area (Å²) in [5.41, 5.74) is 8.75. The Hall–Kier alpha value is -12.4. The Labute approximate surface area is 761 Å². The number of thioether (sulfide) groups is 1. The molecule has 0 saturated carbocycles. The van der Waals surface area contributed by atoms with E-state index in [9.17, 15) is 63.0 Å². The van der Waals surface area contributed by atoms with Crippen molar-refractivity contribution < 1.29 is 91.7 Å². The van der Waals surface area contributed by atoms with Gasteiger partial charge in [0.25, 0.3) is 0 Å². The standard InChI is InChI=1S/C92H128N18O19S/c1-13-17-28-72-86(123)102-66(37-52(5)6)85(122)105-71(83(120)98-47-78(115)94-35-15-3)50-130-51-80(117)100-68(39-55-31-33-59(111)34-32-55)88(125)106(10)54(9)81(118)103-70(44-77(93)114)90(127)109-36-23-30-73(109)87(124)101-63(16-4)84(121)104-67(38-53(7)8)91(128)110-49-60(112)43-75(110)76(113)42-56(40-57-45-95-64-26-21-19-24-61(57)64)82(119)97-48-79(116)99-69(41-58-46-96-65-27-22-20-25-62(58)65)89(126)108(12)74(29-18-14-2)92(129)107(72)11/h3,19-22,24-27,31-34,45-46,52-54,56,60,63,66-75,95-96,111-112H,13-14,16-18,23,28-30,35-44,47-51H2,1-2,4-12H3,(H2,93,114)(H,94,115)(H,97,119)(H,98,120)(H,99,116)(H,100,117)(H,101,124)(H,102,123)(H,103,118)(H,104,121)(H,105,122)/t54-,56+,60+,63-,66-,67-,68-,69?,70-,71-,72-,73-,74-,75-/m0/s1. The lowest BCUT2D eigenvalue weighted by Crippen LogP contribution is -2.60. The topological polar surface area (TPSA) is 525 Å². The maximum Gasteiger partial charge on any atom is 0.246 e. The first-order valence-corrected chi connectivity index (χ1v) is 45.7. The number of primary amides is 1. The van der Waals surface area contributed by atoms with E-state index in [-0.39, 0.29) is 114 Å². The number of phenols is 1. The van der Waals surface area contributed by atoms with Crippen molar-refractivity contribution >= 4 is 134 Å². The summed E-state index contributed by atoms with van der Waals surface area (Å²) in [6.45, 7) is 11.8. The number of hydrogen-bond donors (Lipinski definition) is 15. The van der Waals surface area contributed by atoms with Crippen molar-refractivity contribution in [2.45, 2.75) is 243 Å². The highest BCUT2D eigenvalue weighted by molar-refractivity contribution is 8.00. The monoisotopic (exact) mass is 1820 g/mol. The Morgan fingerprint density at radius 3 is 1.75 bits per heavy atom. The van der Waals surface area contributed by atoms with Gasteiger partial charge in [0, 0.05) is 106 Å². The Morgan fingerprint density at radius 1 is 0.585 bits per heavy atom. The number of aromatic hydroxyl groups is 1. The second-order valence-electron chi connectivity index (χ2n) is 34.6. The maximum absolute atomic E-state index is 15.6. The number of aromatic amines is 2. The molecule has 38 heteroatoms. The summed E-state index contributed by atoms with van der Waals surface area (Å²) in [4.78, 5) is 261. The molecule has 3 aromatic carbocycles. The number of nitrogens with zero attached hydrogens (tertiary/aromatic N) is 5. The average molecular weight is 1820 g/mol. The average Bonchev–Trinajstić information content (AvgIpc) is 1.57. The fourth-order valence-electron chi connectivity index (χ4n) is 16.5. The van der Waals surface area contributed by atoms with Crippen LogP contribution in [0.4, 0.5) is 0 Å². The number of para-hydroxylation sites is 2. The van der Waals surface area contributed by atoms with Gasteiger partial charge in [-0.25, -0.2) is 0 Å². The minimum Gasteiger partial charge on any atom is -0.508 e. The summed E-state index contributed by atoms with van der Waals surface area (Å²) in [6, 6.07) is 3.16. The fourth-order valence-corrected chi connectivity index (χ4v) is 17.4. The largest absolute Gasteiger partial charge is 0.508 e. The number of carbonyl (C=O) groups excluding carboxylic acids is 17. The minimum absolute atomic E-state index is 0.000788. The smallest absolute Gasteiger partial charge is 0.246 e. The number of aliphatic hydroxyl groups is 1. The SMILES string of the molecule is C#CCNC(=O)CNC(=O)[C@@H]1CSCC(=O)N[C@@H](Cc2ccc(O)cc2)C(=O)N(C)[C@@H](C)C(=O)N[C@@H](CC(N)=O)C(=O)N2CCC[C@H]2C(=O)N[C@@H](CC)C(=O)N[C@@H](CC(C)C)C(=O)N2C[C@H](O)C[C@H]2C(=O)C[C@@H](Cc2c[nH]c3ccccc23)C(=O)NCC(=O)NC(Cc2c[nH]c3ccccc23)C(=O)N(C)[C@@H](CCCC)C(=O)N(C)[C@@H](CCCC)C(=O)N[C@@H](CC(C)C)C(=O)N1. The molecule has 0 bridgehead atoms. The summed E-state index contributed by atoms with van der Waals surface area (Å²) < 4.78 is 0. The van der Waals surface area contributed by atoms with Crippen LogP contribution in [0.15, 0.2) is 85.2 Å². The number of nitrogens with one attached hydrogen (secondary N) is 12. The molecular weight excluding hydrogens is 1690 g/mol. The molecule has 16 N–H and O–H groups in total.